The highest BCUT2D eigenvalue weighted by Gasteiger charge is 2.05. The summed E-state index contributed by atoms with van der Waals surface area (Å²) in [5.41, 5.74) is 3.68. The number of fused-ring (bicyclic) bond motifs is 1. The minimum atomic E-state index is -0.383. The van der Waals surface area contributed by atoms with Crippen LogP contribution in [-0.4, -0.2) is 4.98 Å². The summed E-state index contributed by atoms with van der Waals surface area (Å²) in [5.74, 6) is 5.24. The Morgan fingerprint density at radius 2 is 1.71 bits per heavy atom. The van der Waals surface area contributed by atoms with E-state index in [4.69, 9.17) is 0 Å². The Balaban J connectivity index is 1.52. The molecule has 0 spiro atoms. The van der Waals surface area contributed by atoms with Gasteiger partial charge in [0.2, 0.25) is 0 Å². The van der Waals surface area contributed by atoms with Gasteiger partial charge in [0.05, 0.1) is 11.3 Å². The minimum Gasteiger partial charge on any atom is -0.256 e. The number of aryl methyl sites for hydroxylation is 1. The SMILES string of the molecule is C/C=C/CCc1ccc(-c2ccc(C#Cc3ccc4cc(F)ccc4c3)c(F)c2)nc1. The molecule has 0 aliphatic heterocycles. The number of benzene rings is 3. The van der Waals surface area contributed by atoms with Gasteiger partial charge in [-0.2, -0.15) is 0 Å². The maximum atomic E-state index is 14.6. The van der Waals surface area contributed by atoms with E-state index in [1.54, 1.807) is 12.1 Å². The van der Waals surface area contributed by atoms with Crippen molar-refractivity contribution in [3.63, 3.8) is 0 Å². The van der Waals surface area contributed by atoms with Gasteiger partial charge in [0.15, 0.2) is 0 Å². The number of hydrogen-bond donors (Lipinski definition) is 0. The summed E-state index contributed by atoms with van der Waals surface area (Å²) in [4.78, 5) is 4.47. The molecule has 3 aromatic carbocycles. The number of nitrogens with zero attached hydrogens (tertiary/aromatic N) is 1. The molecule has 1 heterocycles. The van der Waals surface area contributed by atoms with Gasteiger partial charge in [-0.25, -0.2) is 8.78 Å². The number of rotatable bonds is 4. The Kier molecular flexibility index (Phi) is 6.19. The van der Waals surface area contributed by atoms with Gasteiger partial charge in [-0.15, -0.1) is 0 Å². The zero-order chi connectivity index (χ0) is 21.6. The smallest absolute Gasteiger partial charge is 0.139 e. The van der Waals surface area contributed by atoms with Gasteiger partial charge in [-0.05, 0) is 78.6 Å². The fourth-order valence-electron chi connectivity index (χ4n) is 3.37. The maximum absolute atomic E-state index is 14.6. The molecule has 0 N–H and O–H groups in total. The first kappa shape index (κ1) is 20.5. The lowest BCUT2D eigenvalue weighted by Crippen LogP contribution is -1.90. The summed E-state index contributed by atoms with van der Waals surface area (Å²) >= 11 is 0. The van der Waals surface area contributed by atoms with Gasteiger partial charge in [-0.3, -0.25) is 4.98 Å². The fraction of sp³-hybridized carbons (Fsp3) is 0.107. The van der Waals surface area contributed by atoms with Crippen molar-refractivity contribution in [1.29, 1.82) is 0 Å². The van der Waals surface area contributed by atoms with Crippen LogP contribution in [0.15, 0.2) is 85.1 Å². The Bertz CT molecular complexity index is 1310. The molecule has 4 aromatic rings. The predicted octanol–water partition coefficient (Wildman–Crippen LogP) is 7.09. The van der Waals surface area contributed by atoms with E-state index in [-0.39, 0.29) is 11.6 Å². The third-order valence-corrected chi connectivity index (χ3v) is 5.07. The molecule has 0 unspecified atom stereocenters. The third kappa shape index (κ3) is 5.05. The number of hydrogen-bond acceptors (Lipinski definition) is 1. The Morgan fingerprint density at radius 1 is 0.871 bits per heavy atom. The number of pyridine rings is 1. The van der Waals surface area contributed by atoms with Crippen LogP contribution in [0, 0.1) is 23.5 Å². The van der Waals surface area contributed by atoms with E-state index in [0.717, 1.165) is 46.0 Å². The summed E-state index contributed by atoms with van der Waals surface area (Å²) in [6, 6.07) is 19.0. The molecule has 0 radical (unpaired) electrons. The molecule has 1 aromatic heterocycles. The van der Waals surface area contributed by atoms with E-state index in [9.17, 15) is 8.78 Å². The Hall–Kier alpha value is -3.77. The minimum absolute atomic E-state index is 0.272. The molecule has 3 heteroatoms. The van der Waals surface area contributed by atoms with Crippen LogP contribution in [0.2, 0.25) is 0 Å². The highest BCUT2D eigenvalue weighted by Crippen LogP contribution is 2.21. The first-order valence-corrected chi connectivity index (χ1v) is 10.2. The lowest BCUT2D eigenvalue weighted by atomic mass is 10.0. The second kappa shape index (κ2) is 9.36. The van der Waals surface area contributed by atoms with Gasteiger partial charge in [0.25, 0.3) is 0 Å². The van der Waals surface area contributed by atoms with Crippen molar-refractivity contribution in [2.24, 2.45) is 0 Å². The van der Waals surface area contributed by atoms with E-state index < -0.39 is 0 Å². The van der Waals surface area contributed by atoms with Crippen molar-refractivity contribution in [1.82, 2.24) is 4.98 Å². The second-order valence-corrected chi connectivity index (χ2v) is 7.31. The van der Waals surface area contributed by atoms with Crippen LogP contribution in [-0.2, 0) is 6.42 Å². The van der Waals surface area contributed by atoms with Crippen molar-refractivity contribution in [3.05, 3.63) is 113 Å². The van der Waals surface area contributed by atoms with Crippen molar-refractivity contribution < 1.29 is 8.78 Å². The van der Waals surface area contributed by atoms with Gasteiger partial charge in [-0.1, -0.05) is 48.3 Å². The monoisotopic (exact) mass is 409 g/mol. The topological polar surface area (TPSA) is 12.9 Å². The van der Waals surface area contributed by atoms with Gasteiger partial charge in [0, 0.05) is 17.3 Å². The van der Waals surface area contributed by atoms with Crippen LogP contribution in [0.1, 0.15) is 30.0 Å². The van der Waals surface area contributed by atoms with Crippen molar-refractivity contribution in [2.75, 3.05) is 0 Å². The molecule has 0 fully saturated rings. The largest absolute Gasteiger partial charge is 0.256 e. The Morgan fingerprint density at radius 3 is 2.48 bits per heavy atom. The second-order valence-electron chi connectivity index (χ2n) is 7.31. The molecule has 0 bridgehead atoms. The molecule has 0 atom stereocenters. The fourth-order valence-corrected chi connectivity index (χ4v) is 3.37. The zero-order valence-corrected chi connectivity index (χ0v) is 17.2. The van der Waals surface area contributed by atoms with Crippen LogP contribution < -0.4 is 0 Å². The highest BCUT2D eigenvalue weighted by atomic mass is 19.1. The maximum Gasteiger partial charge on any atom is 0.139 e. The molecular weight excluding hydrogens is 388 g/mol. The van der Waals surface area contributed by atoms with Crippen molar-refractivity contribution >= 4 is 10.8 Å². The van der Waals surface area contributed by atoms with Crippen LogP contribution in [0.4, 0.5) is 8.78 Å². The number of halogens is 2. The molecule has 0 amide bonds. The predicted molar refractivity (Wildman–Crippen MR) is 123 cm³/mol. The molecule has 0 saturated carbocycles. The normalized spacial score (nSPS) is 10.9. The zero-order valence-electron chi connectivity index (χ0n) is 17.2. The van der Waals surface area contributed by atoms with E-state index in [2.05, 4.69) is 22.9 Å². The van der Waals surface area contributed by atoms with Crippen LogP contribution in [0.3, 0.4) is 0 Å². The average Bonchev–Trinajstić information content (AvgIpc) is 2.79. The number of allylic oxidation sites excluding steroid dienone is 2. The van der Waals surface area contributed by atoms with Crippen molar-refractivity contribution in [2.45, 2.75) is 19.8 Å². The van der Waals surface area contributed by atoms with E-state index in [1.165, 1.54) is 18.2 Å². The highest BCUT2D eigenvalue weighted by molar-refractivity contribution is 5.84. The third-order valence-electron chi connectivity index (χ3n) is 5.07. The summed E-state index contributed by atoms with van der Waals surface area (Å²) < 4.78 is 28.0. The lowest BCUT2D eigenvalue weighted by molar-refractivity contribution is 0.625. The van der Waals surface area contributed by atoms with Gasteiger partial charge < -0.3 is 0 Å². The van der Waals surface area contributed by atoms with Gasteiger partial charge >= 0.3 is 0 Å². The first-order valence-electron chi connectivity index (χ1n) is 10.2. The molecule has 0 saturated heterocycles. The molecule has 4 rings (SSSR count). The van der Waals surface area contributed by atoms with E-state index in [0.29, 0.717) is 5.56 Å². The van der Waals surface area contributed by atoms with Gasteiger partial charge in [0.1, 0.15) is 11.6 Å². The molecule has 0 aliphatic rings. The standard InChI is InChI=1S/C28H21F2N/c1-2-3-4-5-21-8-15-28(31-19-21)25-12-11-22(27(30)18-25)9-6-20-7-10-24-17-26(29)14-13-23(24)16-20/h2-3,7-8,10-19H,4-5H2,1H3/b3-2+. The van der Waals surface area contributed by atoms with E-state index >= 15 is 0 Å². The molecule has 1 nitrogen and oxygen atoms in total. The molecule has 0 aliphatic carbocycles. The summed E-state index contributed by atoms with van der Waals surface area (Å²) in [7, 11) is 0. The summed E-state index contributed by atoms with van der Waals surface area (Å²) in [6.45, 7) is 2.01. The molecule has 152 valence electrons. The summed E-state index contributed by atoms with van der Waals surface area (Å²) in [5, 5.41) is 1.70. The van der Waals surface area contributed by atoms with E-state index in [1.807, 2.05) is 55.6 Å². The quantitative estimate of drug-likeness (QED) is 0.259. The average molecular weight is 409 g/mol. The van der Waals surface area contributed by atoms with Crippen LogP contribution in [0.25, 0.3) is 22.0 Å². The van der Waals surface area contributed by atoms with Crippen LogP contribution >= 0.6 is 0 Å². The lowest BCUT2D eigenvalue weighted by Gasteiger charge is -2.04. The summed E-state index contributed by atoms with van der Waals surface area (Å²) in [6.07, 6.45) is 7.92. The first-order chi connectivity index (χ1) is 15.1. The Labute approximate surface area is 181 Å². The van der Waals surface area contributed by atoms with Crippen molar-refractivity contribution in [3.8, 4) is 23.1 Å². The molecule has 31 heavy (non-hydrogen) atoms. The molecular formula is C28H21F2N. The number of aromatic nitrogens is 1. The van der Waals surface area contributed by atoms with Crippen LogP contribution in [0.5, 0.6) is 0 Å².